The normalized spacial score (nSPS) is 24.4. The molecule has 106 valence electrons. The van der Waals surface area contributed by atoms with Gasteiger partial charge in [0.2, 0.25) is 0 Å². The minimum absolute atomic E-state index is 0.208. The fourth-order valence-electron chi connectivity index (χ4n) is 2.65. The van der Waals surface area contributed by atoms with Crippen LogP contribution in [0.5, 0.6) is 11.5 Å². The minimum Gasteiger partial charge on any atom is -0.504 e. The van der Waals surface area contributed by atoms with Crippen LogP contribution in [0.2, 0.25) is 0 Å². The molecule has 0 radical (unpaired) electrons. The maximum Gasteiger partial charge on any atom is 0.161 e. The van der Waals surface area contributed by atoms with Crippen molar-refractivity contribution in [3.63, 3.8) is 0 Å². The van der Waals surface area contributed by atoms with Crippen LogP contribution in [0.3, 0.4) is 0 Å². The van der Waals surface area contributed by atoms with E-state index in [2.05, 4.69) is 11.8 Å². The number of hydrogen-bond donors (Lipinski definition) is 2. The van der Waals surface area contributed by atoms with Crippen molar-refractivity contribution in [2.45, 2.75) is 45.3 Å². The molecule has 0 amide bonds. The first kappa shape index (κ1) is 14.2. The van der Waals surface area contributed by atoms with Crippen molar-refractivity contribution < 1.29 is 9.84 Å². The number of phenolic OH excluding ortho intramolecular Hbond substituents is 1. The van der Waals surface area contributed by atoms with Gasteiger partial charge in [-0.1, -0.05) is 6.07 Å². The molecule has 1 aromatic rings. The number of nitrogens with zero attached hydrogens (tertiary/aromatic N) is 1. The molecule has 1 fully saturated rings. The first-order valence-corrected chi connectivity index (χ1v) is 7.04. The average Bonchev–Trinajstić information content (AvgIpc) is 2.37. The molecular weight excluding hydrogens is 240 g/mol. The van der Waals surface area contributed by atoms with Gasteiger partial charge in [0.1, 0.15) is 0 Å². The van der Waals surface area contributed by atoms with E-state index in [-0.39, 0.29) is 5.75 Å². The van der Waals surface area contributed by atoms with E-state index in [1.54, 1.807) is 6.07 Å². The van der Waals surface area contributed by atoms with Crippen LogP contribution in [0.15, 0.2) is 18.2 Å². The lowest BCUT2D eigenvalue weighted by Crippen LogP contribution is -2.44. The van der Waals surface area contributed by atoms with Crippen LogP contribution in [0.4, 0.5) is 0 Å². The Morgan fingerprint density at radius 3 is 2.95 bits per heavy atom. The third kappa shape index (κ3) is 3.61. The highest BCUT2D eigenvalue weighted by atomic mass is 16.5. The van der Waals surface area contributed by atoms with E-state index in [9.17, 15) is 5.11 Å². The molecule has 3 N–H and O–H groups in total. The predicted molar refractivity (Wildman–Crippen MR) is 76.4 cm³/mol. The van der Waals surface area contributed by atoms with E-state index in [0.717, 1.165) is 25.9 Å². The predicted octanol–water partition coefficient (Wildman–Crippen LogP) is 2.10. The lowest BCUT2D eigenvalue weighted by molar-refractivity contribution is 0.140. The van der Waals surface area contributed by atoms with Crippen LogP contribution < -0.4 is 10.5 Å². The van der Waals surface area contributed by atoms with Gasteiger partial charge in [0.15, 0.2) is 11.5 Å². The number of rotatable bonds is 4. The van der Waals surface area contributed by atoms with Crippen LogP contribution in [-0.2, 0) is 6.54 Å². The Morgan fingerprint density at radius 2 is 2.26 bits per heavy atom. The third-order valence-electron chi connectivity index (χ3n) is 3.76. The van der Waals surface area contributed by atoms with Gasteiger partial charge in [0, 0.05) is 25.2 Å². The molecule has 0 aliphatic carbocycles. The highest BCUT2D eigenvalue weighted by Gasteiger charge is 2.23. The van der Waals surface area contributed by atoms with E-state index in [1.807, 2.05) is 19.1 Å². The zero-order valence-corrected chi connectivity index (χ0v) is 11.8. The quantitative estimate of drug-likeness (QED) is 0.874. The second-order valence-electron chi connectivity index (χ2n) is 5.34. The molecular formula is C15H24N2O2. The Morgan fingerprint density at radius 1 is 1.47 bits per heavy atom. The van der Waals surface area contributed by atoms with Gasteiger partial charge in [0.25, 0.3) is 0 Å². The molecule has 4 heteroatoms. The summed E-state index contributed by atoms with van der Waals surface area (Å²) in [6.07, 6.45) is 2.11. The number of hydrogen-bond acceptors (Lipinski definition) is 4. The van der Waals surface area contributed by atoms with Gasteiger partial charge in [0.05, 0.1) is 6.61 Å². The number of aromatic hydroxyl groups is 1. The summed E-state index contributed by atoms with van der Waals surface area (Å²) in [5, 5.41) is 9.70. The van der Waals surface area contributed by atoms with E-state index in [1.165, 1.54) is 5.56 Å². The van der Waals surface area contributed by atoms with Crippen LogP contribution in [0, 0.1) is 0 Å². The van der Waals surface area contributed by atoms with Crippen molar-refractivity contribution >= 4 is 0 Å². The summed E-state index contributed by atoms with van der Waals surface area (Å²) in [6, 6.07) is 6.44. The largest absolute Gasteiger partial charge is 0.504 e. The number of benzene rings is 1. The van der Waals surface area contributed by atoms with Crippen molar-refractivity contribution in [3.05, 3.63) is 23.8 Å². The third-order valence-corrected chi connectivity index (χ3v) is 3.76. The van der Waals surface area contributed by atoms with Crippen LogP contribution in [-0.4, -0.2) is 35.2 Å². The monoisotopic (exact) mass is 264 g/mol. The fraction of sp³-hybridized carbons (Fsp3) is 0.600. The van der Waals surface area contributed by atoms with Crippen LogP contribution in [0.25, 0.3) is 0 Å². The maximum atomic E-state index is 9.70. The van der Waals surface area contributed by atoms with Crippen LogP contribution >= 0.6 is 0 Å². The number of nitrogens with two attached hydrogens (primary N) is 1. The van der Waals surface area contributed by atoms with E-state index in [0.29, 0.717) is 24.4 Å². The second kappa shape index (κ2) is 6.26. The number of piperidine rings is 1. The van der Waals surface area contributed by atoms with Gasteiger partial charge in [-0.15, -0.1) is 0 Å². The Kier molecular flexibility index (Phi) is 4.66. The Hall–Kier alpha value is -1.26. The standard InChI is InChI=1S/C15H24N2O2/c1-3-19-15-9-12(4-5-14(15)18)10-17-7-6-13(16)8-11(17)2/h4-5,9,11,13,18H,3,6-8,10,16H2,1-2H3. The van der Waals surface area contributed by atoms with Crippen molar-refractivity contribution in [1.29, 1.82) is 0 Å². The summed E-state index contributed by atoms with van der Waals surface area (Å²) < 4.78 is 5.42. The Balaban J connectivity index is 2.04. The molecule has 1 aliphatic rings. The zero-order chi connectivity index (χ0) is 13.8. The lowest BCUT2D eigenvalue weighted by Gasteiger charge is -2.36. The first-order chi connectivity index (χ1) is 9.10. The highest BCUT2D eigenvalue weighted by Crippen LogP contribution is 2.28. The molecule has 2 unspecified atom stereocenters. The van der Waals surface area contributed by atoms with Gasteiger partial charge >= 0.3 is 0 Å². The second-order valence-corrected chi connectivity index (χ2v) is 5.34. The van der Waals surface area contributed by atoms with E-state index in [4.69, 9.17) is 10.5 Å². The minimum atomic E-state index is 0.208. The summed E-state index contributed by atoms with van der Waals surface area (Å²) in [6.45, 7) is 6.62. The number of ether oxygens (including phenoxy) is 1. The molecule has 0 bridgehead atoms. The summed E-state index contributed by atoms with van der Waals surface area (Å²) in [4.78, 5) is 2.44. The topological polar surface area (TPSA) is 58.7 Å². The fourth-order valence-corrected chi connectivity index (χ4v) is 2.65. The number of phenols is 1. The molecule has 1 saturated heterocycles. The van der Waals surface area contributed by atoms with Crippen molar-refractivity contribution in [2.75, 3.05) is 13.2 Å². The molecule has 0 saturated carbocycles. The first-order valence-electron chi connectivity index (χ1n) is 7.04. The van der Waals surface area contributed by atoms with Crippen molar-refractivity contribution in [2.24, 2.45) is 5.73 Å². The summed E-state index contributed by atoms with van der Waals surface area (Å²) in [5.74, 6) is 0.778. The molecule has 19 heavy (non-hydrogen) atoms. The molecule has 4 nitrogen and oxygen atoms in total. The lowest BCUT2D eigenvalue weighted by atomic mass is 9.98. The maximum absolute atomic E-state index is 9.70. The van der Waals surface area contributed by atoms with Gasteiger partial charge in [-0.05, 0) is 44.4 Å². The van der Waals surface area contributed by atoms with E-state index >= 15 is 0 Å². The summed E-state index contributed by atoms with van der Waals surface area (Å²) >= 11 is 0. The van der Waals surface area contributed by atoms with Crippen molar-refractivity contribution in [1.82, 2.24) is 4.90 Å². The molecule has 2 atom stereocenters. The Labute approximate surface area is 115 Å². The molecule has 1 aliphatic heterocycles. The molecule has 0 aromatic heterocycles. The van der Waals surface area contributed by atoms with Crippen LogP contribution in [0.1, 0.15) is 32.3 Å². The van der Waals surface area contributed by atoms with Gasteiger partial charge in [-0.25, -0.2) is 0 Å². The summed E-state index contributed by atoms with van der Waals surface area (Å²) in [7, 11) is 0. The van der Waals surface area contributed by atoms with Crippen molar-refractivity contribution in [3.8, 4) is 11.5 Å². The van der Waals surface area contributed by atoms with Gasteiger partial charge in [-0.3, -0.25) is 4.90 Å². The molecule has 1 aromatic carbocycles. The zero-order valence-electron chi connectivity index (χ0n) is 11.8. The summed E-state index contributed by atoms with van der Waals surface area (Å²) in [5.41, 5.74) is 7.15. The molecule has 2 rings (SSSR count). The van der Waals surface area contributed by atoms with Gasteiger partial charge < -0.3 is 15.6 Å². The SMILES string of the molecule is CCOc1cc(CN2CCC(N)CC2C)ccc1O. The smallest absolute Gasteiger partial charge is 0.161 e. The average molecular weight is 264 g/mol. The Bertz CT molecular complexity index is 423. The number of likely N-dealkylation sites (tertiary alicyclic amines) is 1. The highest BCUT2D eigenvalue weighted by molar-refractivity contribution is 5.41. The van der Waals surface area contributed by atoms with Gasteiger partial charge in [-0.2, -0.15) is 0 Å². The molecule has 0 spiro atoms. The molecule has 1 heterocycles. The van der Waals surface area contributed by atoms with E-state index < -0.39 is 0 Å².